The Morgan fingerprint density at radius 2 is 2.50 bits per heavy atom. The van der Waals surface area contributed by atoms with Gasteiger partial charge in [-0.2, -0.15) is 10.3 Å². The lowest BCUT2D eigenvalue weighted by Crippen LogP contribution is -2.14. The highest BCUT2D eigenvalue weighted by molar-refractivity contribution is 7.71. The highest BCUT2D eigenvalue weighted by atomic mass is 32.1. The van der Waals surface area contributed by atoms with Gasteiger partial charge in [-0.25, -0.2) is 4.68 Å². The Morgan fingerprint density at radius 1 is 1.64 bits per heavy atom. The van der Waals surface area contributed by atoms with E-state index in [-0.39, 0.29) is 6.04 Å². The Labute approximate surface area is 85.5 Å². The Balaban J connectivity index is 2.14. The van der Waals surface area contributed by atoms with Crippen LogP contribution in [0, 0.1) is 4.77 Å². The van der Waals surface area contributed by atoms with Crippen molar-refractivity contribution in [1.29, 1.82) is 0 Å². The molecule has 74 valence electrons. The maximum Gasteiger partial charge on any atom is 0.238 e. The average molecular weight is 210 g/mol. The zero-order chi connectivity index (χ0) is 9.97. The highest BCUT2D eigenvalue weighted by Crippen LogP contribution is 2.05. The van der Waals surface area contributed by atoms with Gasteiger partial charge in [0.25, 0.3) is 0 Å². The standard InChI is InChI=1S/C7H10N6S/c1-6(5-12-4-2-3-8-12)13-7(14)9-10-11-13/h2-4,6H,5H2,1H3,(H,9,11,14). The molecule has 0 saturated heterocycles. The van der Waals surface area contributed by atoms with E-state index < -0.39 is 0 Å². The fourth-order valence-electron chi connectivity index (χ4n) is 1.25. The van der Waals surface area contributed by atoms with Crippen LogP contribution in [0.3, 0.4) is 0 Å². The second-order valence-electron chi connectivity index (χ2n) is 3.03. The summed E-state index contributed by atoms with van der Waals surface area (Å²) in [6.07, 6.45) is 3.65. The van der Waals surface area contributed by atoms with Crippen LogP contribution < -0.4 is 0 Å². The molecule has 0 fully saturated rings. The molecule has 1 atom stereocenters. The van der Waals surface area contributed by atoms with E-state index in [0.717, 1.165) is 6.54 Å². The van der Waals surface area contributed by atoms with Crippen molar-refractivity contribution in [1.82, 2.24) is 30.0 Å². The van der Waals surface area contributed by atoms with Crippen LogP contribution in [0.2, 0.25) is 0 Å². The predicted molar refractivity (Wildman–Crippen MR) is 52.1 cm³/mol. The van der Waals surface area contributed by atoms with E-state index in [2.05, 4.69) is 20.6 Å². The first-order chi connectivity index (χ1) is 6.77. The van der Waals surface area contributed by atoms with Crippen molar-refractivity contribution in [3.05, 3.63) is 23.2 Å². The van der Waals surface area contributed by atoms with Gasteiger partial charge in [0, 0.05) is 12.4 Å². The molecule has 0 aromatic carbocycles. The van der Waals surface area contributed by atoms with Crippen molar-refractivity contribution in [2.45, 2.75) is 19.5 Å². The van der Waals surface area contributed by atoms with Crippen molar-refractivity contribution in [3.63, 3.8) is 0 Å². The number of hydrogen-bond donors (Lipinski definition) is 1. The molecule has 0 aliphatic heterocycles. The lowest BCUT2D eigenvalue weighted by atomic mass is 10.3. The first kappa shape index (κ1) is 9.07. The SMILES string of the molecule is CC(Cn1cccn1)n1[nH]nnc1=S. The smallest absolute Gasteiger partial charge is 0.238 e. The third-order valence-corrected chi connectivity index (χ3v) is 2.22. The number of hydrogen-bond acceptors (Lipinski definition) is 4. The molecule has 1 unspecified atom stereocenters. The third-order valence-electron chi connectivity index (χ3n) is 1.95. The largest absolute Gasteiger partial charge is 0.271 e. The van der Waals surface area contributed by atoms with Gasteiger partial charge in [0.15, 0.2) is 0 Å². The topological polar surface area (TPSA) is 64.3 Å². The third kappa shape index (κ3) is 1.72. The van der Waals surface area contributed by atoms with Crippen molar-refractivity contribution in [3.8, 4) is 0 Å². The molecule has 0 aliphatic carbocycles. The summed E-state index contributed by atoms with van der Waals surface area (Å²) in [7, 11) is 0. The molecular weight excluding hydrogens is 200 g/mol. The number of H-pyrrole nitrogens is 1. The number of aromatic amines is 1. The van der Waals surface area contributed by atoms with Gasteiger partial charge in [-0.05, 0) is 25.2 Å². The summed E-state index contributed by atoms with van der Waals surface area (Å²) in [5, 5.41) is 14.2. The normalized spacial score (nSPS) is 12.9. The average Bonchev–Trinajstić information content (AvgIpc) is 2.75. The first-order valence-electron chi connectivity index (χ1n) is 4.24. The zero-order valence-corrected chi connectivity index (χ0v) is 8.48. The van der Waals surface area contributed by atoms with E-state index in [1.54, 1.807) is 10.9 Å². The van der Waals surface area contributed by atoms with Crippen molar-refractivity contribution in [2.75, 3.05) is 0 Å². The summed E-state index contributed by atoms with van der Waals surface area (Å²) in [6, 6.07) is 2.05. The Kier molecular flexibility index (Phi) is 2.40. The molecule has 2 rings (SSSR count). The quantitative estimate of drug-likeness (QED) is 0.761. The Morgan fingerprint density at radius 3 is 3.07 bits per heavy atom. The summed E-state index contributed by atoms with van der Waals surface area (Å²) < 4.78 is 4.04. The zero-order valence-electron chi connectivity index (χ0n) is 7.66. The summed E-state index contributed by atoms with van der Waals surface area (Å²) in [5.74, 6) is 0. The second-order valence-corrected chi connectivity index (χ2v) is 3.39. The number of nitrogens with one attached hydrogen (secondary N) is 1. The van der Waals surface area contributed by atoms with Crippen molar-refractivity contribution < 1.29 is 0 Å². The van der Waals surface area contributed by atoms with Gasteiger partial charge in [0.2, 0.25) is 4.77 Å². The van der Waals surface area contributed by atoms with Gasteiger partial charge < -0.3 is 0 Å². The van der Waals surface area contributed by atoms with Crippen LogP contribution in [0.15, 0.2) is 18.5 Å². The molecule has 7 heteroatoms. The Bertz CT molecular complexity index is 441. The van der Waals surface area contributed by atoms with Gasteiger partial charge in [-0.1, -0.05) is 10.3 Å². The fraction of sp³-hybridized carbons (Fsp3) is 0.429. The van der Waals surface area contributed by atoms with Crippen molar-refractivity contribution in [2.24, 2.45) is 0 Å². The van der Waals surface area contributed by atoms with E-state index in [9.17, 15) is 0 Å². The molecule has 0 aliphatic rings. The minimum Gasteiger partial charge on any atom is -0.271 e. The maximum absolute atomic E-state index is 4.99. The van der Waals surface area contributed by atoms with Gasteiger partial charge in [-0.15, -0.1) is 0 Å². The molecule has 1 N–H and O–H groups in total. The van der Waals surface area contributed by atoms with Crippen LogP contribution in [0.1, 0.15) is 13.0 Å². The van der Waals surface area contributed by atoms with Crippen LogP contribution in [0.4, 0.5) is 0 Å². The molecule has 0 bridgehead atoms. The number of nitrogens with zero attached hydrogens (tertiary/aromatic N) is 5. The molecule has 6 nitrogen and oxygen atoms in total. The summed E-state index contributed by atoms with van der Waals surface area (Å²) in [5.41, 5.74) is 0. The van der Waals surface area contributed by atoms with Crippen LogP contribution in [0.25, 0.3) is 0 Å². The molecular formula is C7H10N6S. The molecule has 2 aromatic heterocycles. The molecule has 0 amide bonds. The van der Waals surface area contributed by atoms with Gasteiger partial charge >= 0.3 is 0 Å². The highest BCUT2D eigenvalue weighted by Gasteiger charge is 2.07. The van der Waals surface area contributed by atoms with Crippen LogP contribution >= 0.6 is 12.2 Å². The first-order valence-corrected chi connectivity index (χ1v) is 4.65. The maximum atomic E-state index is 4.99. The van der Waals surface area contributed by atoms with Gasteiger partial charge in [0.05, 0.1) is 12.6 Å². The summed E-state index contributed by atoms with van der Waals surface area (Å²) >= 11 is 4.99. The van der Waals surface area contributed by atoms with E-state index in [0.29, 0.717) is 4.77 Å². The number of aromatic nitrogens is 6. The predicted octanol–water partition coefficient (Wildman–Crippen LogP) is 0.793. The molecule has 14 heavy (non-hydrogen) atoms. The number of rotatable bonds is 3. The minimum atomic E-state index is 0.164. The van der Waals surface area contributed by atoms with E-state index in [4.69, 9.17) is 12.2 Å². The number of tetrazole rings is 1. The van der Waals surface area contributed by atoms with E-state index in [1.807, 2.05) is 23.9 Å². The Hall–Kier alpha value is -1.50. The second kappa shape index (κ2) is 3.70. The molecule has 2 aromatic rings. The monoisotopic (exact) mass is 210 g/mol. The fourth-order valence-corrected chi connectivity index (χ4v) is 1.51. The lowest BCUT2D eigenvalue weighted by molar-refractivity contribution is 0.394. The van der Waals surface area contributed by atoms with Crippen LogP contribution in [-0.4, -0.2) is 30.0 Å². The summed E-state index contributed by atoms with van der Waals surface area (Å²) in [4.78, 5) is 0. The van der Waals surface area contributed by atoms with Gasteiger partial charge in [0.1, 0.15) is 0 Å². The lowest BCUT2D eigenvalue weighted by Gasteiger charge is -2.11. The molecule has 0 spiro atoms. The molecule has 2 heterocycles. The molecule has 0 saturated carbocycles. The minimum absolute atomic E-state index is 0.164. The van der Waals surface area contributed by atoms with E-state index >= 15 is 0 Å². The van der Waals surface area contributed by atoms with Crippen LogP contribution in [0.5, 0.6) is 0 Å². The van der Waals surface area contributed by atoms with Gasteiger partial charge in [-0.3, -0.25) is 4.68 Å². The van der Waals surface area contributed by atoms with Crippen molar-refractivity contribution >= 4 is 12.2 Å². The summed E-state index contributed by atoms with van der Waals surface area (Å²) in [6.45, 7) is 2.77. The van der Waals surface area contributed by atoms with E-state index in [1.165, 1.54) is 0 Å². The van der Waals surface area contributed by atoms with Crippen LogP contribution in [-0.2, 0) is 6.54 Å². The molecule has 0 radical (unpaired) electrons.